The number of aromatic nitrogens is 2. The van der Waals surface area contributed by atoms with Gasteiger partial charge in [0.05, 0.1) is 11.2 Å². The molecule has 0 spiro atoms. The molecule has 3 rings (SSSR count). The van der Waals surface area contributed by atoms with E-state index in [2.05, 4.69) is 43.8 Å². The minimum Gasteiger partial charge on any atom is -0.369 e. The summed E-state index contributed by atoms with van der Waals surface area (Å²) >= 11 is 3.45. The SMILES string of the molecule is CC1CCN(c2ccnc3cc(Br)cnc23)CC1CN. The van der Waals surface area contributed by atoms with Gasteiger partial charge in [0.2, 0.25) is 0 Å². The summed E-state index contributed by atoms with van der Waals surface area (Å²) in [7, 11) is 0. The Balaban J connectivity index is 1.98. The fourth-order valence-corrected chi connectivity index (χ4v) is 3.24. The summed E-state index contributed by atoms with van der Waals surface area (Å²) in [6, 6.07) is 4.08. The predicted molar refractivity (Wildman–Crippen MR) is 85.8 cm³/mol. The Labute approximate surface area is 127 Å². The summed E-state index contributed by atoms with van der Waals surface area (Å²) in [6.45, 7) is 5.12. The molecule has 4 nitrogen and oxygen atoms in total. The zero-order valence-electron chi connectivity index (χ0n) is 11.6. The Morgan fingerprint density at radius 2 is 2.30 bits per heavy atom. The second kappa shape index (κ2) is 5.66. The van der Waals surface area contributed by atoms with Gasteiger partial charge in [0.1, 0.15) is 5.52 Å². The van der Waals surface area contributed by atoms with Gasteiger partial charge in [0.15, 0.2) is 0 Å². The number of nitrogens with two attached hydrogens (primary N) is 1. The van der Waals surface area contributed by atoms with Crippen LogP contribution in [0, 0.1) is 11.8 Å². The zero-order chi connectivity index (χ0) is 14.1. The van der Waals surface area contributed by atoms with Crippen molar-refractivity contribution >= 4 is 32.7 Å². The Hall–Kier alpha value is -1.20. The van der Waals surface area contributed by atoms with Crippen LogP contribution in [0.4, 0.5) is 5.69 Å². The molecule has 1 fully saturated rings. The third kappa shape index (κ3) is 2.52. The van der Waals surface area contributed by atoms with E-state index in [0.717, 1.165) is 35.1 Å². The van der Waals surface area contributed by atoms with E-state index in [1.165, 1.54) is 12.1 Å². The molecule has 0 amide bonds. The van der Waals surface area contributed by atoms with Crippen molar-refractivity contribution in [2.45, 2.75) is 13.3 Å². The molecule has 3 heterocycles. The molecular weight excluding hydrogens is 316 g/mol. The van der Waals surface area contributed by atoms with E-state index in [-0.39, 0.29) is 0 Å². The molecule has 1 aliphatic heterocycles. The Bertz CT molecular complexity index is 616. The smallest absolute Gasteiger partial charge is 0.112 e. The van der Waals surface area contributed by atoms with Crippen LogP contribution in [0.1, 0.15) is 13.3 Å². The van der Waals surface area contributed by atoms with Gasteiger partial charge in [-0.05, 0) is 52.9 Å². The van der Waals surface area contributed by atoms with Crippen LogP contribution >= 0.6 is 15.9 Å². The molecule has 0 aliphatic carbocycles. The first-order valence-corrected chi connectivity index (χ1v) is 7.83. The van der Waals surface area contributed by atoms with E-state index < -0.39 is 0 Å². The van der Waals surface area contributed by atoms with Crippen molar-refractivity contribution in [2.75, 3.05) is 24.5 Å². The van der Waals surface area contributed by atoms with Crippen LogP contribution in [0.25, 0.3) is 11.0 Å². The summed E-state index contributed by atoms with van der Waals surface area (Å²) in [6.07, 6.45) is 4.88. The van der Waals surface area contributed by atoms with Gasteiger partial charge in [-0.3, -0.25) is 9.97 Å². The van der Waals surface area contributed by atoms with Crippen molar-refractivity contribution in [1.82, 2.24) is 9.97 Å². The highest BCUT2D eigenvalue weighted by atomic mass is 79.9. The summed E-state index contributed by atoms with van der Waals surface area (Å²) in [5, 5.41) is 0. The maximum Gasteiger partial charge on any atom is 0.112 e. The van der Waals surface area contributed by atoms with Crippen molar-refractivity contribution in [2.24, 2.45) is 17.6 Å². The molecule has 2 atom stereocenters. The lowest BCUT2D eigenvalue weighted by molar-refractivity contribution is 0.308. The molecule has 2 unspecified atom stereocenters. The molecule has 1 saturated heterocycles. The van der Waals surface area contributed by atoms with E-state index >= 15 is 0 Å². The quantitative estimate of drug-likeness (QED) is 0.917. The Morgan fingerprint density at radius 3 is 3.10 bits per heavy atom. The van der Waals surface area contributed by atoms with Gasteiger partial charge in [-0.25, -0.2) is 0 Å². The normalized spacial score (nSPS) is 23.2. The summed E-state index contributed by atoms with van der Waals surface area (Å²) in [5.74, 6) is 1.26. The van der Waals surface area contributed by atoms with Gasteiger partial charge in [0, 0.05) is 30.0 Å². The first kappa shape index (κ1) is 13.8. The van der Waals surface area contributed by atoms with Crippen LogP contribution < -0.4 is 10.6 Å². The minimum atomic E-state index is 0.558. The van der Waals surface area contributed by atoms with Gasteiger partial charge >= 0.3 is 0 Å². The van der Waals surface area contributed by atoms with Crippen molar-refractivity contribution in [3.8, 4) is 0 Å². The predicted octanol–water partition coefficient (Wildman–Crippen LogP) is 2.81. The molecule has 106 valence electrons. The molecule has 0 saturated carbocycles. The molecule has 0 bridgehead atoms. The molecule has 0 radical (unpaired) electrons. The average molecular weight is 335 g/mol. The van der Waals surface area contributed by atoms with Crippen molar-refractivity contribution < 1.29 is 0 Å². The van der Waals surface area contributed by atoms with Crippen LogP contribution in [0.5, 0.6) is 0 Å². The largest absolute Gasteiger partial charge is 0.369 e. The molecule has 0 aromatic carbocycles. The van der Waals surface area contributed by atoms with E-state index in [1.807, 2.05) is 18.5 Å². The van der Waals surface area contributed by atoms with Crippen molar-refractivity contribution in [1.29, 1.82) is 0 Å². The Kier molecular flexibility index (Phi) is 3.89. The summed E-state index contributed by atoms with van der Waals surface area (Å²) in [5.41, 5.74) is 8.98. The van der Waals surface area contributed by atoms with Crippen molar-refractivity contribution in [3.63, 3.8) is 0 Å². The number of anilines is 1. The maximum absolute atomic E-state index is 5.91. The van der Waals surface area contributed by atoms with Gasteiger partial charge < -0.3 is 10.6 Å². The highest BCUT2D eigenvalue weighted by molar-refractivity contribution is 9.10. The lowest BCUT2D eigenvalue weighted by atomic mass is 9.87. The molecule has 5 heteroatoms. The van der Waals surface area contributed by atoms with Gasteiger partial charge in [-0.2, -0.15) is 0 Å². The third-order valence-corrected chi connectivity index (χ3v) is 4.71. The van der Waals surface area contributed by atoms with E-state index in [0.29, 0.717) is 11.8 Å². The molecule has 1 aliphatic rings. The first-order valence-electron chi connectivity index (χ1n) is 7.04. The molecular formula is C15H19BrN4. The highest BCUT2D eigenvalue weighted by Gasteiger charge is 2.26. The lowest BCUT2D eigenvalue weighted by Gasteiger charge is -2.38. The average Bonchev–Trinajstić information content (AvgIpc) is 2.47. The molecule has 20 heavy (non-hydrogen) atoms. The number of halogens is 1. The van der Waals surface area contributed by atoms with Crippen LogP contribution in [0.3, 0.4) is 0 Å². The number of piperidine rings is 1. The second-order valence-corrected chi connectivity index (χ2v) is 6.47. The van der Waals surface area contributed by atoms with Crippen LogP contribution in [0.15, 0.2) is 29.0 Å². The number of fused-ring (bicyclic) bond motifs is 1. The van der Waals surface area contributed by atoms with E-state index in [4.69, 9.17) is 5.73 Å². The third-order valence-electron chi connectivity index (χ3n) is 4.28. The fraction of sp³-hybridized carbons (Fsp3) is 0.467. The number of rotatable bonds is 2. The van der Waals surface area contributed by atoms with Crippen LogP contribution in [0.2, 0.25) is 0 Å². The van der Waals surface area contributed by atoms with Crippen molar-refractivity contribution in [3.05, 3.63) is 29.0 Å². The van der Waals surface area contributed by atoms with Gasteiger partial charge in [0.25, 0.3) is 0 Å². The fourth-order valence-electron chi connectivity index (χ4n) is 2.92. The number of nitrogens with zero attached hydrogens (tertiary/aromatic N) is 3. The zero-order valence-corrected chi connectivity index (χ0v) is 13.2. The standard InChI is InChI=1S/C15H19BrN4/c1-10-3-5-20(9-11(10)7-17)14-2-4-18-13-6-12(16)8-19-15(13)14/h2,4,6,8,10-11H,3,5,7,9,17H2,1H3. The number of hydrogen-bond acceptors (Lipinski definition) is 4. The Morgan fingerprint density at radius 1 is 1.45 bits per heavy atom. The molecule has 2 aromatic heterocycles. The highest BCUT2D eigenvalue weighted by Crippen LogP contribution is 2.30. The van der Waals surface area contributed by atoms with E-state index in [9.17, 15) is 0 Å². The van der Waals surface area contributed by atoms with E-state index in [1.54, 1.807) is 0 Å². The lowest BCUT2D eigenvalue weighted by Crippen LogP contribution is -2.42. The number of hydrogen-bond donors (Lipinski definition) is 1. The summed E-state index contributed by atoms with van der Waals surface area (Å²) < 4.78 is 0.960. The summed E-state index contributed by atoms with van der Waals surface area (Å²) in [4.78, 5) is 11.4. The van der Waals surface area contributed by atoms with Gasteiger partial charge in [-0.15, -0.1) is 0 Å². The first-order chi connectivity index (χ1) is 9.69. The van der Waals surface area contributed by atoms with Crippen LogP contribution in [-0.4, -0.2) is 29.6 Å². The topological polar surface area (TPSA) is 55.0 Å². The monoisotopic (exact) mass is 334 g/mol. The molecule has 2 N–H and O–H groups in total. The number of pyridine rings is 2. The van der Waals surface area contributed by atoms with Crippen LogP contribution in [-0.2, 0) is 0 Å². The minimum absolute atomic E-state index is 0.558. The second-order valence-electron chi connectivity index (χ2n) is 5.56. The maximum atomic E-state index is 5.91. The molecule has 2 aromatic rings. The van der Waals surface area contributed by atoms with Gasteiger partial charge in [-0.1, -0.05) is 6.92 Å².